The maximum absolute atomic E-state index is 13.1. The molecule has 2 rings (SSSR count). The standard InChI is InChI=1S/C17H19N3O6S/c1-11-6-5-7-12(17(22)19-23)16(11)20(2)27(24,25)14-9-4-3-8-13(14)26-10-15(18)21/h3-9,23H,10H2,1-2H3,(H2,18,21)(H,19,22). The average Bonchev–Trinajstić information content (AvgIpc) is 2.65. The van der Waals surface area contributed by atoms with Crippen molar-refractivity contribution in [3.63, 3.8) is 0 Å². The first-order valence-electron chi connectivity index (χ1n) is 7.73. The second-order valence-corrected chi connectivity index (χ2v) is 7.52. The highest BCUT2D eigenvalue weighted by Gasteiger charge is 2.29. The van der Waals surface area contributed by atoms with E-state index in [1.54, 1.807) is 25.1 Å². The average molecular weight is 393 g/mol. The quantitative estimate of drug-likeness (QED) is 0.470. The first-order valence-corrected chi connectivity index (χ1v) is 9.17. The molecule has 144 valence electrons. The molecular formula is C17H19N3O6S. The molecule has 0 atom stereocenters. The number of para-hydroxylation sites is 2. The lowest BCUT2D eigenvalue weighted by atomic mass is 10.1. The molecule has 0 fully saturated rings. The molecule has 4 N–H and O–H groups in total. The SMILES string of the molecule is Cc1cccc(C(=O)NO)c1N(C)S(=O)(=O)c1ccccc1OCC(N)=O. The van der Waals surface area contributed by atoms with Gasteiger partial charge in [-0.05, 0) is 30.7 Å². The number of anilines is 1. The Bertz CT molecular complexity index is 974. The summed E-state index contributed by atoms with van der Waals surface area (Å²) in [5.41, 5.74) is 7.11. The molecule has 2 amide bonds. The van der Waals surface area contributed by atoms with Crippen molar-refractivity contribution < 1.29 is 28.0 Å². The maximum atomic E-state index is 13.1. The van der Waals surface area contributed by atoms with Crippen LogP contribution in [0.15, 0.2) is 47.4 Å². The third-order valence-electron chi connectivity index (χ3n) is 3.76. The van der Waals surface area contributed by atoms with Crippen LogP contribution in [0.4, 0.5) is 5.69 Å². The van der Waals surface area contributed by atoms with Crippen molar-refractivity contribution in [2.75, 3.05) is 18.0 Å². The number of hydrogen-bond donors (Lipinski definition) is 3. The number of primary amides is 1. The Morgan fingerprint density at radius 2 is 1.85 bits per heavy atom. The molecule has 2 aromatic rings. The zero-order valence-electron chi connectivity index (χ0n) is 14.7. The Balaban J connectivity index is 2.56. The van der Waals surface area contributed by atoms with Crippen LogP contribution in [0.2, 0.25) is 0 Å². The molecular weight excluding hydrogens is 374 g/mol. The predicted octanol–water partition coefficient (Wildman–Crippen LogP) is 0.803. The Morgan fingerprint density at radius 1 is 1.19 bits per heavy atom. The van der Waals surface area contributed by atoms with Gasteiger partial charge in [0.1, 0.15) is 10.6 Å². The van der Waals surface area contributed by atoms with Gasteiger partial charge in [0.25, 0.3) is 21.8 Å². The molecule has 9 nitrogen and oxygen atoms in total. The van der Waals surface area contributed by atoms with E-state index in [2.05, 4.69) is 0 Å². The third kappa shape index (κ3) is 4.18. The Labute approximate surface area is 156 Å². The zero-order chi connectivity index (χ0) is 20.2. The van der Waals surface area contributed by atoms with Gasteiger partial charge in [-0.3, -0.25) is 19.1 Å². The minimum atomic E-state index is -4.16. The lowest BCUT2D eigenvalue weighted by molar-refractivity contribution is -0.120. The monoisotopic (exact) mass is 393 g/mol. The van der Waals surface area contributed by atoms with E-state index in [-0.39, 0.29) is 21.9 Å². The smallest absolute Gasteiger partial charge is 0.276 e. The van der Waals surface area contributed by atoms with Crippen LogP contribution >= 0.6 is 0 Å². The second-order valence-electron chi connectivity index (χ2n) is 5.59. The van der Waals surface area contributed by atoms with Gasteiger partial charge in [0.2, 0.25) is 0 Å². The van der Waals surface area contributed by atoms with E-state index in [9.17, 15) is 18.0 Å². The minimum Gasteiger partial charge on any atom is -0.482 e. The highest BCUT2D eigenvalue weighted by Crippen LogP contribution is 2.32. The number of sulfonamides is 1. The number of nitrogens with one attached hydrogen (secondary N) is 1. The molecule has 0 aliphatic carbocycles. The van der Waals surface area contributed by atoms with Crippen LogP contribution in [-0.2, 0) is 14.8 Å². The lowest BCUT2D eigenvalue weighted by Gasteiger charge is -2.24. The zero-order valence-corrected chi connectivity index (χ0v) is 15.5. The Kier molecular flexibility index (Phi) is 6.03. The van der Waals surface area contributed by atoms with Crippen LogP contribution in [0.25, 0.3) is 0 Å². The summed E-state index contributed by atoms with van der Waals surface area (Å²) in [7, 11) is -2.89. The van der Waals surface area contributed by atoms with Crippen LogP contribution in [0.3, 0.4) is 0 Å². The summed E-state index contributed by atoms with van der Waals surface area (Å²) in [6.07, 6.45) is 0. The van der Waals surface area contributed by atoms with Gasteiger partial charge in [-0.25, -0.2) is 13.9 Å². The van der Waals surface area contributed by atoms with Gasteiger partial charge in [-0.15, -0.1) is 0 Å². The molecule has 2 aromatic carbocycles. The van der Waals surface area contributed by atoms with Crippen molar-refractivity contribution in [2.45, 2.75) is 11.8 Å². The number of nitrogens with zero attached hydrogens (tertiary/aromatic N) is 1. The molecule has 0 radical (unpaired) electrons. The van der Waals surface area contributed by atoms with Crippen molar-refractivity contribution in [2.24, 2.45) is 5.73 Å². The van der Waals surface area contributed by atoms with Gasteiger partial charge in [0.15, 0.2) is 6.61 Å². The van der Waals surface area contributed by atoms with E-state index >= 15 is 0 Å². The predicted molar refractivity (Wildman–Crippen MR) is 97.2 cm³/mol. The van der Waals surface area contributed by atoms with Gasteiger partial charge in [-0.2, -0.15) is 0 Å². The van der Waals surface area contributed by atoms with Gasteiger partial charge in [-0.1, -0.05) is 24.3 Å². The summed E-state index contributed by atoms with van der Waals surface area (Å²) >= 11 is 0. The highest BCUT2D eigenvalue weighted by atomic mass is 32.2. The molecule has 0 bridgehead atoms. The first kappa shape index (κ1) is 20.2. The molecule has 27 heavy (non-hydrogen) atoms. The van der Waals surface area contributed by atoms with Gasteiger partial charge >= 0.3 is 0 Å². The first-order chi connectivity index (χ1) is 12.7. The fourth-order valence-corrected chi connectivity index (χ4v) is 3.93. The maximum Gasteiger partial charge on any atom is 0.276 e. The summed E-state index contributed by atoms with van der Waals surface area (Å²) in [5.74, 6) is -1.66. The summed E-state index contributed by atoms with van der Waals surface area (Å²) in [5, 5.41) is 8.94. The van der Waals surface area contributed by atoms with Crippen LogP contribution < -0.4 is 20.3 Å². The molecule has 0 spiro atoms. The number of nitrogens with two attached hydrogens (primary N) is 1. The molecule has 0 unspecified atom stereocenters. The van der Waals surface area contributed by atoms with Crippen LogP contribution in [0, 0.1) is 6.92 Å². The fourth-order valence-electron chi connectivity index (χ4n) is 2.52. The molecule has 0 aliphatic heterocycles. The van der Waals surface area contributed by atoms with E-state index in [1.165, 1.54) is 36.8 Å². The van der Waals surface area contributed by atoms with Crippen molar-refractivity contribution in [1.82, 2.24) is 5.48 Å². The number of carbonyl (C=O) groups excluding carboxylic acids is 2. The van der Waals surface area contributed by atoms with Crippen molar-refractivity contribution in [1.29, 1.82) is 0 Å². The van der Waals surface area contributed by atoms with Crippen LogP contribution in [-0.4, -0.2) is 39.1 Å². The number of benzene rings is 2. The van der Waals surface area contributed by atoms with Gasteiger partial charge in [0.05, 0.1) is 11.3 Å². The Morgan fingerprint density at radius 3 is 2.48 bits per heavy atom. The molecule has 0 heterocycles. The normalized spacial score (nSPS) is 10.9. The second kappa shape index (κ2) is 8.06. The summed E-state index contributed by atoms with van der Waals surface area (Å²) in [6.45, 7) is 1.14. The van der Waals surface area contributed by atoms with Gasteiger partial charge < -0.3 is 10.5 Å². The van der Waals surface area contributed by atoms with Crippen molar-refractivity contribution in [3.05, 3.63) is 53.6 Å². The third-order valence-corrected chi connectivity index (χ3v) is 5.55. The number of hydroxylamine groups is 1. The van der Waals surface area contributed by atoms with E-state index < -0.39 is 28.4 Å². The number of aryl methyl sites for hydroxylation is 1. The topological polar surface area (TPSA) is 139 Å². The lowest BCUT2D eigenvalue weighted by Crippen LogP contribution is -2.31. The van der Waals surface area contributed by atoms with Crippen molar-refractivity contribution in [3.8, 4) is 5.75 Å². The summed E-state index contributed by atoms with van der Waals surface area (Å²) in [6, 6.07) is 10.3. The Hall–Kier alpha value is -3.11. The van der Waals surface area contributed by atoms with Crippen molar-refractivity contribution >= 4 is 27.5 Å². The highest BCUT2D eigenvalue weighted by molar-refractivity contribution is 7.93. The van der Waals surface area contributed by atoms with E-state index in [4.69, 9.17) is 15.7 Å². The van der Waals surface area contributed by atoms with E-state index in [0.717, 1.165) is 4.31 Å². The number of rotatable bonds is 7. The fraction of sp³-hybridized carbons (Fsp3) is 0.176. The largest absolute Gasteiger partial charge is 0.482 e. The minimum absolute atomic E-state index is 0.0286. The number of hydrogen-bond acceptors (Lipinski definition) is 6. The summed E-state index contributed by atoms with van der Waals surface area (Å²) < 4.78 is 32.4. The molecule has 0 saturated heterocycles. The van der Waals surface area contributed by atoms with Gasteiger partial charge in [0, 0.05) is 7.05 Å². The number of ether oxygens (including phenoxy) is 1. The molecule has 0 aliphatic rings. The van der Waals surface area contributed by atoms with E-state index in [0.29, 0.717) is 5.56 Å². The summed E-state index contributed by atoms with van der Waals surface area (Å²) in [4.78, 5) is 22.7. The molecule has 10 heteroatoms. The van der Waals surface area contributed by atoms with Crippen LogP contribution in [0.1, 0.15) is 15.9 Å². The number of amides is 2. The number of carbonyl (C=O) groups is 2. The molecule has 0 aromatic heterocycles. The van der Waals surface area contributed by atoms with E-state index in [1.807, 2.05) is 0 Å². The van der Waals surface area contributed by atoms with Crippen LogP contribution in [0.5, 0.6) is 5.75 Å². The molecule has 0 saturated carbocycles.